The lowest BCUT2D eigenvalue weighted by molar-refractivity contribution is 0.701. The van der Waals surface area contributed by atoms with E-state index in [1.807, 2.05) is 12.3 Å². The minimum absolute atomic E-state index is 0.201. The molecular weight excluding hydrogens is 311 g/mol. The van der Waals surface area contributed by atoms with E-state index in [-0.39, 0.29) is 7.92 Å². The molecule has 0 aliphatic rings. The largest absolute Gasteiger partial charge is 0.254 e. The molecular formula is C21H27N2P. The van der Waals surface area contributed by atoms with Gasteiger partial charge in [0, 0.05) is 28.8 Å². The monoisotopic (exact) mass is 338 g/mol. The molecule has 0 unspecified atom stereocenters. The highest BCUT2D eigenvalue weighted by Gasteiger charge is 2.34. The van der Waals surface area contributed by atoms with Gasteiger partial charge in [0.2, 0.25) is 0 Å². The fourth-order valence-corrected chi connectivity index (χ4v) is 6.96. The predicted molar refractivity (Wildman–Crippen MR) is 107 cm³/mol. The Morgan fingerprint density at radius 2 is 1.38 bits per heavy atom. The van der Waals surface area contributed by atoms with Crippen LogP contribution >= 0.6 is 7.92 Å². The lowest BCUT2D eigenvalue weighted by Crippen LogP contribution is -2.26. The van der Waals surface area contributed by atoms with Crippen LogP contribution < -0.4 is 0 Å². The van der Waals surface area contributed by atoms with Crippen LogP contribution in [0.4, 0.5) is 0 Å². The molecule has 3 heteroatoms. The van der Waals surface area contributed by atoms with Crippen LogP contribution in [-0.4, -0.2) is 20.3 Å². The van der Waals surface area contributed by atoms with E-state index < -0.39 is 0 Å². The first-order valence-electron chi connectivity index (χ1n) is 8.57. The number of nitrogens with zero attached hydrogens (tertiary/aromatic N) is 2. The van der Waals surface area contributed by atoms with Crippen molar-refractivity contribution < 1.29 is 0 Å². The summed E-state index contributed by atoms with van der Waals surface area (Å²) in [6, 6.07) is 12.8. The Morgan fingerprint density at radius 1 is 0.792 bits per heavy atom. The van der Waals surface area contributed by atoms with Crippen molar-refractivity contribution in [1.29, 1.82) is 0 Å². The average molecular weight is 338 g/mol. The number of rotatable bonds is 2. The molecule has 3 aromatic rings. The van der Waals surface area contributed by atoms with E-state index in [2.05, 4.69) is 76.9 Å². The van der Waals surface area contributed by atoms with Gasteiger partial charge in [-0.15, -0.1) is 0 Å². The third-order valence-electron chi connectivity index (χ3n) is 4.43. The maximum atomic E-state index is 5.02. The molecule has 0 amide bonds. The molecule has 2 heterocycles. The smallest absolute Gasteiger partial charge is 0.0968 e. The Morgan fingerprint density at radius 3 is 2.00 bits per heavy atom. The van der Waals surface area contributed by atoms with Crippen molar-refractivity contribution in [3.63, 3.8) is 0 Å². The molecule has 2 aromatic heterocycles. The maximum Gasteiger partial charge on any atom is 0.0968 e. The van der Waals surface area contributed by atoms with Crippen molar-refractivity contribution in [2.45, 2.75) is 58.0 Å². The summed E-state index contributed by atoms with van der Waals surface area (Å²) in [4.78, 5) is 9.59. The summed E-state index contributed by atoms with van der Waals surface area (Å²) in [5.74, 6) is 0. The van der Waals surface area contributed by atoms with Crippen LogP contribution in [0.25, 0.3) is 21.8 Å². The number of benzene rings is 1. The molecule has 0 aliphatic heterocycles. The van der Waals surface area contributed by atoms with Crippen LogP contribution in [-0.2, 0) is 6.16 Å². The Bertz CT molecular complexity index is 858. The summed E-state index contributed by atoms with van der Waals surface area (Å²) in [5.41, 5.74) is 3.23. The number of hydrogen-bond acceptors (Lipinski definition) is 2. The van der Waals surface area contributed by atoms with Gasteiger partial charge in [0.1, 0.15) is 0 Å². The number of aromatic nitrogens is 2. The quantitative estimate of drug-likeness (QED) is 0.401. The number of pyridine rings is 2. The van der Waals surface area contributed by atoms with Gasteiger partial charge in [0.05, 0.1) is 11.0 Å². The van der Waals surface area contributed by atoms with Gasteiger partial charge in [-0.25, -0.2) is 0 Å². The van der Waals surface area contributed by atoms with E-state index in [9.17, 15) is 0 Å². The summed E-state index contributed by atoms with van der Waals surface area (Å²) < 4.78 is 0. The summed E-state index contributed by atoms with van der Waals surface area (Å²) in [5, 5.41) is 2.94. The second kappa shape index (κ2) is 6.08. The van der Waals surface area contributed by atoms with Gasteiger partial charge in [-0.05, 0) is 22.4 Å². The van der Waals surface area contributed by atoms with Crippen molar-refractivity contribution in [2.24, 2.45) is 0 Å². The van der Waals surface area contributed by atoms with E-state index in [0.29, 0.717) is 10.3 Å². The topological polar surface area (TPSA) is 25.8 Å². The van der Waals surface area contributed by atoms with E-state index >= 15 is 0 Å². The van der Waals surface area contributed by atoms with Gasteiger partial charge in [0.25, 0.3) is 0 Å². The summed E-state index contributed by atoms with van der Waals surface area (Å²) in [7, 11) is -0.201. The zero-order chi connectivity index (χ0) is 17.5. The molecule has 0 spiro atoms. The molecule has 3 rings (SSSR count). The van der Waals surface area contributed by atoms with Crippen LogP contribution in [0.3, 0.4) is 0 Å². The van der Waals surface area contributed by atoms with Gasteiger partial charge < -0.3 is 0 Å². The minimum Gasteiger partial charge on any atom is -0.254 e. The first-order chi connectivity index (χ1) is 11.2. The van der Waals surface area contributed by atoms with Crippen molar-refractivity contribution in [3.05, 3.63) is 48.3 Å². The lowest BCUT2D eigenvalue weighted by atomic mass is 10.1. The Balaban J connectivity index is 2.08. The molecule has 0 saturated carbocycles. The fraction of sp³-hybridized carbons (Fsp3) is 0.429. The zero-order valence-corrected chi connectivity index (χ0v) is 16.5. The molecule has 24 heavy (non-hydrogen) atoms. The predicted octanol–water partition coefficient (Wildman–Crippen LogP) is 6.36. The molecule has 0 bridgehead atoms. The first kappa shape index (κ1) is 17.3. The average Bonchev–Trinajstić information content (AvgIpc) is 2.50. The number of hydrogen-bond donors (Lipinski definition) is 0. The highest BCUT2D eigenvalue weighted by atomic mass is 31.1. The summed E-state index contributed by atoms with van der Waals surface area (Å²) >= 11 is 0. The molecule has 126 valence electrons. The van der Waals surface area contributed by atoms with E-state index in [1.54, 1.807) is 0 Å². The van der Waals surface area contributed by atoms with Gasteiger partial charge in [-0.2, -0.15) is 0 Å². The van der Waals surface area contributed by atoms with Crippen LogP contribution in [0.2, 0.25) is 0 Å². The van der Waals surface area contributed by atoms with Crippen LogP contribution in [0.15, 0.2) is 42.6 Å². The van der Waals surface area contributed by atoms with Crippen molar-refractivity contribution in [3.8, 4) is 0 Å². The van der Waals surface area contributed by atoms with Crippen LogP contribution in [0.1, 0.15) is 47.2 Å². The third-order valence-corrected chi connectivity index (χ3v) is 8.31. The standard InChI is InChI=1S/C21H27N2P/c1-20(2,3)24(21(4,5)6)14-17-12-11-16-10-9-15-8-7-13-22-18(15)19(16)23-17/h7-13H,14H2,1-6H3. The fourth-order valence-electron chi connectivity index (χ4n) is 3.49. The Kier molecular flexibility index (Phi) is 4.38. The van der Waals surface area contributed by atoms with Crippen molar-refractivity contribution in [2.75, 3.05) is 0 Å². The molecule has 1 aromatic carbocycles. The lowest BCUT2D eigenvalue weighted by Gasteiger charge is -2.41. The SMILES string of the molecule is CC(C)(C)P(Cc1ccc2ccc3cccnc3c2n1)C(C)(C)C. The first-order valence-corrected chi connectivity index (χ1v) is 10.1. The molecule has 0 atom stereocenters. The van der Waals surface area contributed by atoms with E-state index in [1.165, 1.54) is 11.1 Å². The Hall–Kier alpha value is -1.53. The van der Waals surface area contributed by atoms with Gasteiger partial charge >= 0.3 is 0 Å². The van der Waals surface area contributed by atoms with Crippen LogP contribution in [0, 0.1) is 0 Å². The normalized spacial score (nSPS) is 13.1. The number of fused-ring (bicyclic) bond motifs is 3. The highest BCUT2D eigenvalue weighted by Crippen LogP contribution is 2.61. The molecule has 0 fully saturated rings. The maximum absolute atomic E-state index is 5.02. The third kappa shape index (κ3) is 3.44. The van der Waals surface area contributed by atoms with Crippen LogP contribution in [0.5, 0.6) is 0 Å². The van der Waals surface area contributed by atoms with Crippen molar-refractivity contribution >= 4 is 29.7 Å². The molecule has 0 N–H and O–H groups in total. The molecule has 2 nitrogen and oxygen atoms in total. The van der Waals surface area contributed by atoms with Gasteiger partial charge in [0.15, 0.2) is 0 Å². The highest BCUT2D eigenvalue weighted by molar-refractivity contribution is 7.60. The molecule has 0 aliphatic carbocycles. The van der Waals surface area contributed by atoms with E-state index in [0.717, 1.165) is 22.6 Å². The second-order valence-electron chi connectivity index (χ2n) is 8.44. The van der Waals surface area contributed by atoms with E-state index in [4.69, 9.17) is 4.98 Å². The minimum atomic E-state index is -0.201. The Labute approximate surface area is 146 Å². The second-order valence-corrected chi connectivity index (χ2v) is 12.3. The summed E-state index contributed by atoms with van der Waals surface area (Å²) in [6.45, 7) is 14.2. The van der Waals surface area contributed by atoms with Crippen molar-refractivity contribution in [1.82, 2.24) is 9.97 Å². The van der Waals surface area contributed by atoms with Gasteiger partial charge in [-0.3, -0.25) is 9.97 Å². The zero-order valence-electron chi connectivity index (χ0n) is 15.6. The molecule has 0 saturated heterocycles. The van der Waals surface area contributed by atoms with Gasteiger partial charge in [-0.1, -0.05) is 73.7 Å². The summed E-state index contributed by atoms with van der Waals surface area (Å²) in [6.07, 6.45) is 2.91. The molecule has 0 radical (unpaired) electrons.